The Labute approximate surface area is 240 Å². The van der Waals surface area contributed by atoms with Crippen LogP contribution in [-0.2, 0) is 11.3 Å². The first-order valence-electron chi connectivity index (χ1n) is 13.8. The highest BCUT2D eigenvalue weighted by Gasteiger charge is 2.29. The van der Waals surface area contributed by atoms with E-state index in [1.165, 1.54) is 11.7 Å². The molecule has 0 amide bonds. The minimum atomic E-state index is -0.412. The van der Waals surface area contributed by atoms with Crippen molar-refractivity contribution in [1.82, 2.24) is 13.3 Å². The topological polar surface area (TPSA) is 93.9 Å². The molecule has 0 radical (unpaired) electrons. The Morgan fingerprint density at radius 3 is 2.66 bits per heavy atom. The van der Waals surface area contributed by atoms with Gasteiger partial charge in [0.15, 0.2) is 23.0 Å². The third kappa shape index (κ3) is 4.61. The van der Waals surface area contributed by atoms with Gasteiger partial charge in [-0.15, -0.1) is 0 Å². The normalized spacial score (nSPS) is 14.7. The number of esters is 1. The van der Waals surface area contributed by atoms with Gasteiger partial charge in [-0.2, -0.15) is 8.75 Å². The van der Waals surface area contributed by atoms with Gasteiger partial charge in [-0.3, -0.25) is 0 Å². The monoisotopic (exact) mass is 571 g/mol. The van der Waals surface area contributed by atoms with E-state index < -0.39 is 5.97 Å². The molecule has 0 saturated heterocycles. The van der Waals surface area contributed by atoms with Crippen LogP contribution in [0.2, 0.25) is 0 Å². The summed E-state index contributed by atoms with van der Waals surface area (Å²) in [7, 11) is 1.64. The molecule has 0 bridgehead atoms. The maximum Gasteiger partial charge on any atom is 0.355 e. The highest BCUT2D eigenvalue weighted by molar-refractivity contribution is 7.00. The molecule has 0 unspecified atom stereocenters. The molecule has 1 saturated carbocycles. The van der Waals surface area contributed by atoms with Crippen molar-refractivity contribution in [2.45, 2.75) is 45.3 Å². The fraction of sp³-hybridized carbons (Fsp3) is 0.323. The lowest BCUT2D eigenvalue weighted by atomic mass is 10.0. The molecule has 1 fully saturated rings. The number of aromatic nitrogens is 3. The lowest BCUT2D eigenvalue weighted by molar-refractivity contribution is 0.0516. The van der Waals surface area contributed by atoms with Crippen LogP contribution in [0.3, 0.4) is 0 Å². The summed E-state index contributed by atoms with van der Waals surface area (Å²) >= 11 is 1.18. The molecule has 5 aromatic rings. The second kappa shape index (κ2) is 10.6. The number of carbonyl (C=O) groups is 1. The van der Waals surface area contributed by atoms with Crippen molar-refractivity contribution in [3.63, 3.8) is 0 Å². The molecule has 9 nitrogen and oxygen atoms in total. The highest BCUT2D eigenvalue weighted by Crippen LogP contribution is 2.45. The molecular formula is C31H29N3O6S. The fourth-order valence-electron chi connectivity index (χ4n) is 5.82. The van der Waals surface area contributed by atoms with E-state index in [1.54, 1.807) is 7.11 Å². The van der Waals surface area contributed by atoms with Gasteiger partial charge in [0.05, 0.1) is 37.1 Å². The molecule has 0 spiro atoms. The molecule has 3 aromatic carbocycles. The van der Waals surface area contributed by atoms with Gasteiger partial charge in [0.2, 0.25) is 6.79 Å². The number of carbonyl (C=O) groups excluding carboxylic acids is 1. The lowest BCUT2D eigenvalue weighted by Gasteiger charge is -2.17. The summed E-state index contributed by atoms with van der Waals surface area (Å²) in [5.74, 6) is 2.18. The number of fused-ring (bicyclic) bond motifs is 3. The van der Waals surface area contributed by atoms with Gasteiger partial charge in [0.1, 0.15) is 16.7 Å². The van der Waals surface area contributed by atoms with E-state index >= 15 is 0 Å². The van der Waals surface area contributed by atoms with Crippen molar-refractivity contribution in [3.8, 4) is 34.1 Å². The van der Waals surface area contributed by atoms with Gasteiger partial charge in [0, 0.05) is 23.6 Å². The van der Waals surface area contributed by atoms with Crippen LogP contribution in [0.1, 0.15) is 48.7 Å². The van der Waals surface area contributed by atoms with Crippen LogP contribution < -0.4 is 18.9 Å². The number of ether oxygens (including phenoxy) is 5. The standard InChI is InChI=1S/C31H29N3O6S/c1-3-37-31(35)30-29(19-9-11-25-27(13-19)39-17-38-25)21-14-26(36-2)28(40-20-6-4-5-7-20)15-24(21)34(30)16-18-8-10-22-23(12-18)33-41-32-22/h8-15,20H,3-7,16-17H2,1-2H3. The zero-order chi connectivity index (χ0) is 27.9. The van der Waals surface area contributed by atoms with Crippen molar-refractivity contribution >= 4 is 39.6 Å². The van der Waals surface area contributed by atoms with Gasteiger partial charge in [0.25, 0.3) is 0 Å². The minimum absolute atomic E-state index is 0.141. The van der Waals surface area contributed by atoms with Crippen LogP contribution in [0.5, 0.6) is 23.0 Å². The smallest absolute Gasteiger partial charge is 0.355 e. The Morgan fingerprint density at radius 2 is 1.83 bits per heavy atom. The molecule has 2 aromatic heterocycles. The number of hydrogen-bond acceptors (Lipinski definition) is 9. The average molecular weight is 572 g/mol. The van der Waals surface area contributed by atoms with Crippen LogP contribution in [0.15, 0.2) is 48.5 Å². The molecule has 0 atom stereocenters. The maximum absolute atomic E-state index is 13.8. The lowest BCUT2D eigenvalue weighted by Crippen LogP contribution is -2.14. The van der Waals surface area contributed by atoms with Gasteiger partial charge in [-0.1, -0.05) is 12.1 Å². The Morgan fingerprint density at radius 1 is 1.00 bits per heavy atom. The Kier molecular flexibility index (Phi) is 6.62. The predicted molar refractivity (Wildman–Crippen MR) is 155 cm³/mol. The van der Waals surface area contributed by atoms with Crippen LogP contribution in [0, 0.1) is 0 Å². The number of hydrogen-bond donors (Lipinski definition) is 0. The van der Waals surface area contributed by atoms with Gasteiger partial charge in [-0.25, -0.2) is 4.79 Å². The number of benzene rings is 3. The van der Waals surface area contributed by atoms with Crippen LogP contribution in [0.4, 0.5) is 0 Å². The van der Waals surface area contributed by atoms with Crippen molar-refractivity contribution in [1.29, 1.82) is 0 Å². The molecule has 1 aliphatic carbocycles. The average Bonchev–Trinajstić information content (AvgIpc) is 3.79. The SMILES string of the molecule is CCOC(=O)c1c(-c2ccc3c(c2)OCO3)c2cc(OC)c(OC3CCCC3)cc2n1Cc1ccc2nsnc2c1. The molecule has 210 valence electrons. The van der Waals surface area contributed by atoms with E-state index in [2.05, 4.69) is 8.75 Å². The van der Waals surface area contributed by atoms with E-state index in [-0.39, 0.29) is 19.5 Å². The third-order valence-electron chi connectivity index (χ3n) is 7.73. The summed E-state index contributed by atoms with van der Waals surface area (Å²) in [6.07, 6.45) is 4.48. The van der Waals surface area contributed by atoms with Crippen LogP contribution in [0.25, 0.3) is 33.1 Å². The summed E-state index contributed by atoms with van der Waals surface area (Å²) in [6, 6.07) is 15.7. The van der Waals surface area contributed by atoms with Crippen molar-refractivity contribution in [2.75, 3.05) is 20.5 Å². The third-order valence-corrected chi connectivity index (χ3v) is 8.29. The molecule has 2 aliphatic rings. The molecule has 1 aliphatic heterocycles. The largest absolute Gasteiger partial charge is 0.493 e. The number of rotatable bonds is 8. The summed E-state index contributed by atoms with van der Waals surface area (Å²) in [4.78, 5) is 13.8. The second-order valence-corrected chi connectivity index (χ2v) is 10.8. The number of methoxy groups -OCH3 is 1. The summed E-state index contributed by atoms with van der Waals surface area (Å²) in [6.45, 7) is 2.63. The molecule has 0 N–H and O–H groups in total. The first-order valence-corrected chi connectivity index (χ1v) is 14.5. The van der Waals surface area contributed by atoms with Gasteiger partial charge < -0.3 is 28.3 Å². The van der Waals surface area contributed by atoms with E-state index in [1.807, 2.05) is 60.0 Å². The highest BCUT2D eigenvalue weighted by atomic mass is 32.1. The van der Waals surface area contributed by atoms with Crippen molar-refractivity contribution in [3.05, 3.63) is 59.8 Å². The summed E-state index contributed by atoms with van der Waals surface area (Å²) < 4.78 is 40.0. The predicted octanol–water partition coefficient (Wildman–Crippen LogP) is 6.60. The van der Waals surface area contributed by atoms with Gasteiger partial charge in [-0.05, 0) is 74.1 Å². The molecule has 10 heteroatoms. The Hall–Kier alpha value is -4.31. The molecule has 41 heavy (non-hydrogen) atoms. The quantitative estimate of drug-likeness (QED) is 0.192. The fourth-order valence-corrected chi connectivity index (χ4v) is 6.34. The molecule has 3 heterocycles. The maximum atomic E-state index is 13.8. The Bertz CT molecular complexity index is 1770. The summed E-state index contributed by atoms with van der Waals surface area (Å²) in [5.41, 5.74) is 5.48. The minimum Gasteiger partial charge on any atom is -0.493 e. The van der Waals surface area contributed by atoms with Crippen molar-refractivity contribution < 1.29 is 28.5 Å². The zero-order valence-corrected chi connectivity index (χ0v) is 23.7. The second-order valence-electron chi connectivity index (χ2n) is 10.2. The first kappa shape index (κ1) is 25.6. The zero-order valence-electron chi connectivity index (χ0n) is 22.8. The first-order chi connectivity index (χ1) is 20.1. The van der Waals surface area contributed by atoms with E-state index in [4.69, 9.17) is 23.7 Å². The molecule has 7 rings (SSSR count). The number of nitrogens with zero attached hydrogens (tertiary/aromatic N) is 3. The van der Waals surface area contributed by atoms with E-state index in [0.29, 0.717) is 35.2 Å². The Balaban J connectivity index is 1.47. The van der Waals surface area contributed by atoms with Gasteiger partial charge >= 0.3 is 5.97 Å². The van der Waals surface area contributed by atoms with Crippen LogP contribution >= 0.6 is 11.7 Å². The van der Waals surface area contributed by atoms with E-state index in [9.17, 15) is 4.79 Å². The van der Waals surface area contributed by atoms with Crippen molar-refractivity contribution in [2.24, 2.45) is 0 Å². The summed E-state index contributed by atoms with van der Waals surface area (Å²) in [5, 5.41) is 0.846. The van der Waals surface area contributed by atoms with E-state index in [0.717, 1.165) is 64.3 Å². The molecular weight excluding hydrogens is 542 g/mol. The van der Waals surface area contributed by atoms with Crippen LogP contribution in [-0.4, -0.2) is 45.9 Å².